The molecule has 1 aliphatic carbocycles. The van der Waals surface area contributed by atoms with Gasteiger partial charge in [0.05, 0.1) is 27.6 Å². The highest BCUT2D eigenvalue weighted by Crippen LogP contribution is 2.36. The second-order valence-corrected chi connectivity index (χ2v) is 9.97. The minimum Gasteiger partial charge on any atom is -0.481 e. The van der Waals surface area contributed by atoms with Crippen molar-refractivity contribution in [1.82, 2.24) is 15.5 Å². The SMILES string of the molecule is CC(=O)N1CCc2c(cc(Cl)c(C(=O)CC(CNC(=O)NC3CCc4ccccc43)C(=O)O)c2Cl)C1. The third-order valence-electron chi connectivity index (χ3n) is 6.86. The number of hydrogen-bond donors (Lipinski definition) is 3. The van der Waals surface area contributed by atoms with E-state index in [4.69, 9.17) is 23.2 Å². The van der Waals surface area contributed by atoms with Crippen LogP contribution >= 0.6 is 23.2 Å². The van der Waals surface area contributed by atoms with E-state index < -0.39 is 23.7 Å². The number of benzene rings is 2. The number of urea groups is 1. The van der Waals surface area contributed by atoms with E-state index in [1.165, 1.54) is 12.5 Å². The number of fused-ring (bicyclic) bond motifs is 2. The smallest absolute Gasteiger partial charge is 0.315 e. The van der Waals surface area contributed by atoms with E-state index in [1.807, 2.05) is 24.3 Å². The van der Waals surface area contributed by atoms with Gasteiger partial charge in [-0.15, -0.1) is 0 Å². The lowest BCUT2D eigenvalue weighted by Crippen LogP contribution is -2.41. The average Bonchev–Trinajstić information content (AvgIpc) is 3.23. The number of aryl methyl sites for hydroxylation is 1. The maximum atomic E-state index is 13.1. The van der Waals surface area contributed by atoms with Crippen LogP contribution in [0.25, 0.3) is 0 Å². The van der Waals surface area contributed by atoms with Crippen LogP contribution in [0.3, 0.4) is 0 Å². The zero-order chi connectivity index (χ0) is 26.0. The molecule has 2 aromatic carbocycles. The van der Waals surface area contributed by atoms with Crippen LogP contribution in [-0.4, -0.2) is 46.8 Å². The zero-order valence-electron chi connectivity index (χ0n) is 19.8. The highest BCUT2D eigenvalue weighted by Gasteiger charge is 2.30. The molecule has 0 fully saturated rings. The predicted molar refractivity (Wildman–Crippen MR) is 135 cm³/mol. The molecule has 2 atom stereocenters. The first-order valence-corrected chi connectivity index (χ1v) is 12.5. The van der Waals surface area contributed by atoms with Gasteiger partial charge >= 0.3 is 12.0 Å². The van der Waals surface area contributed by atoms with Crippen molar-refractivity contribution in [2.24, 2.45) is 5.92 Å². The normalized spacial score (nSPS) is 17.1. The Morgan fingerprint density at radius 2 is 1.89 bits per heavy atom. The van der Waals surface area contributed by atoms with Gasteiger partial charge in [-0.05, 0) is 47.6 Å². The number of carboxylic acids is 1. The molecule has 190 valence electrons. The molecule has 1 aliphatic heterocycles. The first-order valence-electron chi connectivity index (χ1n) is 11.8. The standard InChI is InChI=1S/C26H27Cl2N3O5/c1-14(32)31-9-8-19-17(13-31)10-20(27)23(24(19)28)22(33)11-16(25(34)35)12-29-26(36)30-21-7-6-15-4-2-3-5-18(15)21/h2-5,10,16,21H,6-9,11-13H2,1H3,(H,34,35)(H2,29,30,36). The largest absolute Gasteiger partial charge is 0.481 e. The minimum atomic E-state index is -1.21. The highest BCUT2D eigenvalue weighted by atomic mass is 35.5. The summed E-state index contributed by atoms with van der Waals surface area (Å²) in [5.74, 6) is -2.94. The molecule has 10 heteroatoms. The summed E-state index contributed by atoms with van der Waals surface area (Å²) in [7, 11) is 0. The number of amides is 3. The quantitative estimate of drug-likeness (QED) is 0.464. The summed E-state index contributed by atoms with van der Waals surface area (Å²) >= 11 is 12.9. The van der Waals surface area contributed by atoms with E-state index in [2.05, 4.69) is 10.6 Å². The Labute approximate surface area is 218 Å². The molecule has 4 rings (SSSR count). The molecule has 2 unspecified atom stereocenters. The summed E-state index contributed by atoms with van der Waals surface area (Å²) in [6.07, 6.45) is 1.73. The molecule has 0 aromatic heterocycles. The minimum absolute atomic E-state index is 0.0639. The van der Waals surface area contributed by atoms with Crippen molar-refractivity contribution >= 4 is 46.9 Å². The summed E-state index contributed by atoms with van der Waals surface area (Å²) in [5, 5.41) is 15.5. The summed E-state index contributed by atoms with van der Waals surface area (Å²) in [6.45, 7) is 2.08. The Kier molecular flexibility index (Phi) is 7.85. The van der Waals surface area contributed by atoms with Gasteiger partial charge < -0.3 is 20.6 Å². The molecular weight excluding hydrogens is 505 g/mol. The summed E-state index contributed by atoms with van der Waals surface area (Å²) < 4.78 is 0. The molecule has 1 heterocycles. The second kappa shape index (κ2) is 10.9. The lowest BCUT2D eigenvalue weighted by atomic mass is 9.92. The fourth-order valence-corrected chi connectivity index (χ4v) is 5.68. The number of Topliss-reactive ketones (excluding diaryl/α,β-unsaturated/α-hetero) is 1. The number of ketones is 1. The molecule has 0 spiro atoms. The third-order valence-corrected chi connectivity index (χ3v) is 7.57. The van der Waals surface area contributed by atoms with Crippen LogP contribution in [0.5, 0.6) is 0 Å². The first kappa shape index (κ1) is 26.0. The molecule has 0 saturated carbocycles. The molecule has 3 N–H and O–H groups in total. The van der Waals surface area contributed by atoms with Crippen LogP contribution in [0.2, 0.25) is 10.0 Å². The van der Waals surface area contributed by atoms with Crippen molar-refractivity contribution < 1.29 is 24.3 Å². The molecule has 2 aliphatic rings. The Morgan fingerprint density at radius 3 is 2.61 bits per heavy atom. The van der Waals surface area contributed by atoms with Crippen molar-refractivity contribution in [1.29, 1.82) is 0 Å². The van der Waals surface area contributed by atoms with Gasteiger partial charge in [0, 0.05) is 33.0 Å². The van der Waals surface area contributed by atoms with Gasteiger partial charge in [-0.3, -0.25) is 14.4 Å². The molecule has 8 nitrogen and oxygen atoms in total. The Bertz CT molecular complexity index is 1230. The summed E-state index contributed by atoms with van der Waals surface area (Å²) in [4.78, 5) is 50.8. The number of carbonyl (C=O) groups is 4. The monoisotopic (exact) mass is 531 g/mol. The number of aliphatic carboxylic acids is 1. The van der Waals surface area contributed by atoms with Crippen LogP contribution < -0.4 is 10.6 Å². The van der Waals surface area contributed by atoms with E-state index in [9.17, 15) is 24.3 Å². The number of carbonyl (C=O) groups excluding carboxylic acids is 3. The summed E-state index contributed by atoms with van der Waals surface area (Å²) in [6, 6.07) is 8.85. The molecule has 36 heavy (non-hydrogen) atoms. The number of nitrogens with one attached hydrogen (secondary N) is 2. The van der Waals surface area contributed by atoms with Crippen molar-refractivity contribution in [2.45, 2.75) is 45.2 Å². The van der Waals surface area contributed by atoms with E-state index >= 15 is 0 Å². The first-order chi connectivity index (χ1) is 17.2. The van der Waals surface area contributed by atoms with E-state index in [-0.39, 0.29) is 40.5 Å². The van der Waals surface area contributed by atoms with Crippen LogP contribution in [0.1, 0.15) is 58.4 Å². The molecule has 2 aromatic rings. The van der Waals surface area contributed by atoms with Crippen molar-refractivity contribution in [3.63, 3.8) is 0 Å². The molecule has 0 saturated heterocycles. The third kappa shape index (κ3) is 5.50. The van der Waals surface area contributed by atoms with Gasteiger partial charge in [0.2, 0.25) is 5.91 Å². The topological polar surface area (TPSA) is 116 Å². The predicted octanol–water partition coefficient (Wildman–Crippen LogP) is 4.16. The lowest BCUT2D eigenvalue weighted by molar-refractivity contribution is -0.141. The number of carboxylic acid groups (broad SMARTS) is 1. The average molecular weight is 532 g/mol. The highest BCUT2D eigenvalue weighted by molar-refractivity contribution is 6.40. The molecule has 0 bridgehead atoms. The van der Waals surface area contributed by atoms with Crippen molar-refractivity contribution in [2.75, 3.05) is 13.1 Å². The van der Waals surface area contributed by atoms with Crippen molar-refractivity contribution in [3.05, 3.63) is 68.2 Å². The van der Waals surface area contributed by atoms with Crippen LogP contribution in [0.15, 0.2) is 30.3 Å². The molecular formula is C26H27Cl2N3O5. The second-order valence-electron chi connectivity index (χ2n) is 9.18. The number of hydrogen-bond acceptors (Lipinski definition) is 4. The van der Waals surface area contributed by atoms with Crippen LogP contribution in [0, 0.1) is 5.92 Å². The van der Waals surface area contributed by atoms with E-state index in [1.54, 1.807) is 11.0 Å². The van der Waals surface area contributed by atoms with Gasteiger partial charge in [0.25, 0.3) is 0 Å². The van der Waals surface area contributed by atoms with Gasteiger partial charge in [0.1, 0.15) is 0 Å². The van der Waals surface area contributed by atoms with E-state index in [0.717, 1.165) is 29.5 Å². The van der Waals surface area contributed by atoms with Gasteiger partial charge in [-0.1, -0.05) is 47.5 Å². The van der Waals surface area contributed by atoms with Crippen LogP contribution in [0.4, 0.5) is 4.79 Å². The van der Waals surface area contributed by atoms with E-state index in [0.29, 0.717) is 19.5 Å². The number of halogens is 2. The number of nitrogens with zero attached hydrogens (tertiary/aromatic N) is 1. The van der Waals surface area contributed by atoms with Gasteiger partial charge in [0.15, 0.2) is 5.78 Å². The Hall–Kier alpha value is -3.10. The van der Waals surface area contributed by atoms with Crippen LogP contribution in [-0.2, 0) is 29.0 Å². The summed E-state index contributed by atoms with van der Waals surface area (Å²) in [5.41, 5.74) is 3.82. The number of rotatable bonds is 7. The van der Waals surface area contributed by atoms with Gasteiger partial charge in [-0.2, -0.15) is 0 Å². The van der Waals surface area contributed by atoms with Crippen molar-refractivity contribution in [3.8, 4) is 0 Å². The fourth-order valence-electron chi connectivity index (χ4n) is 4.88. The zero-order valence-corrected chi connectivity index (χ0v) is 21.3. The maximum absolute atomic E-state index is 13.1. The molecule has 3 amide bonds. The van der Waals surface area contributed by atoms with Gasteiger partial charge in [-0.25, -0.2) is 4.79 Å². The Balaban J connectivity index is 1.40. The Morgan fingerprint density at radius 1 is 1.14 bits per heavy atom. The fraction of sp³-hybridized carbons (Fsp3) is 0.385. The maximum Gasteiger partial charge on any atom is 0.315 e. The lowest BCUT2D eigenvalue weighted by Gasteiger charge is -2.29. The molecule has 0 radical (unpaired) electrons.